The minimum absolute atomic E-state index is 0.0955. The monoisotopic (exact) mass is 333 g/mol. The number of ether oxygens (including phenoxy) is 2. The lowest BCUT2D eigenvalue weighted by Crippen LogP contribution is -2.27. The van der Waals surface area contributed by atoms with E-state index in [1.807, 2.05) is 25.1 Å². The highest BCUT2D eigenvalue weighted by Gasteiger charge is 2.13. The Balaban J connectivity index is 1.88. The summed E-state index contributed by atoms with van der Waals surface area (Å²) in [4.78, 5) is 0. The third-order valence-electron chi connectivity index (χ3n) is 3.93. The lowest BCUT2D eigenvalue weighted by molar-refractivity contribution is 0.153. The van der Waals surface area contributed by atoms with Gasteiger partial charge in [0.25, 0.3) is 0 Å². The highest BCUT2D eigenvalue weighted by Crippen LogP contribution is 2.27. The van der Waals surface area contributed by atoms with Crippen LogP contribution in [0.3, 0.4) is 0 Å². The van der Waals surface area contributed by atoms with Gasteiger partial charge >= 0.3 is 0 Å². The van der Waals surface area contributed by atoms with Gasteiger partial charge in [-0.15, -0.1) is 0 Å². The molecule has 130 valence electrons. The van der Waals surface area contributed by atoms with E-state index < -0.39 is 6.10 Å². The van der Waals surface area contributed by atoms with Crippen LogP contribution in [0.4, 0.5) is 4.39 Å². The van der Waals surface area contributed by atoms with Gasteiger partial charge < -0.3 is 19.9 Å². The molecule has 24 heavy (non-hydrogen) atoms. The average molecular weight is 333 g/mol. The molecule has 2 atom stereocenters. The first-order chi connectivity index (χ1) is 11.5. The molecule has 0 bridgehead atoms. The number of nitrogens with one attached hydrogen (secondary N) is 1. The molecule has 0 saturated heterocycles. The summed E-state index contributed by atoms with van der Waals surface area (Å²) < 4.78 is 23.4. The molecule has 0 aliphatic carbocycles. The summed E-state index contributed by atoms with van der Waals surface area (Å²) in [5.74, 6) is 1.09. The van der Waals surface area contributed by atoms with E-state index in [2.05, 4.69) is 5.32 Å². The Morgan fingerprint density at radius 1 is 1.04 bits per heavy atom. The number of hydrogen-bond acceptors (Lipinski definition) is 4. The van der Waals surface area contributed by atoms with Crippen molar-refractivity contribution in [2.24, 2.45) is 0 Å². The van der Waals surface area contributed by atoms with Gasteiger partial charge in [-0.25, -0.2) is 4.39 Å². The van der Waals surface area contributed by atoms with E-state index in [1.54, 1.807) is 26.4 Å². The standard InChI is InChI=1S/C19H24FNO3/c1-13(10-17(22)15-5-7-16(20)8-6-15)21-12-14-4-9-18(23-2)19(11-14)24-3/h4-9,11,13,17,21-22H,10,12H2,1-3H3. The fraction of sp³-hybridized carbons (Fsp3) is 0.368. The Morgan fingerprint density at radius 2 is 1.71 bits per heavy atom. The van der Waals surface area contributed by atoms with Gasteiger partial charge in [0.15, 0.2) is 11.5 Å². The molecule has 0 saturated carbocycles. The Bertz CT molecular complexity index is 646. The second-order valence-corrected chi connectivity index (χ2v) is 5.77. The van der Waals surface area contributed by atoms with Gasteiger partial charge in [0.1, 0.15) is 5.82 Å². The zero-order valence-electron chi connectivity index (χ0n) is 14.3. The number of methoxy groups -OCH3 is 2. The number of halogens is 1. The lowest BCUT2D eigenvalue weighted by atomic mass is 10.0. The van der Waals surface area contributed by atoms with Crippen LogP contribution >= 0.6 is 0 Å². The van der Waals surface area contributed by atoms with Crippen molar-refractivity contribution in [3.63, 3.8) is 0 Å². The number of benzene rings is 2. The maximum absolute atomic E-state index is 12.9. The van der Waals surface area contributed by atoms with Crippen LogP contribution < -0.4 is 14.8 Å². The van der Waals surface area contributed by atoms with Gasteiger partial charge in [0, 0.05) is 12.6 Å². The summed E-state index contributed by atoms with van der Waals surface area (Å²) in [6.45, 7) is 2.66. The highest BCUT2D eigenvalue weighted by molar-refractivity contribution is 5.42. The third kappa shape index (κ3) is 4.94. The quantitative estimate of drug-likeness (QED) is 0.777. The molecule has 0 spiro atoms. The predicted octanol–water partition coefficient (Wildman–Crippen LogP) is 3.44. The number of aliphatic hydroxyl groups is 1. The van der Waals surface area contributed by atoms with Crippen LogP contribution in [-0.2, 0) is 6.54 Å². The number of hydrogen-bond donors (Lipinski definition) is 2. The van der Waals surface area contributed by atoms with Gasteiger partial charge in [-0.1, -0.05) is 18.2 Å². The largest absolute Gasteiger partial charge is 0.493 e. The fourth-order valence-electron chi connectivity index (χ4n) is 2.52. The van der Waals surface area contributed by atoms with Crippen molar-refractivity contribution >= 4 is 0 Å². The van der Waals surface area contributed by atoms with Crippen LogP contribution in [0.25, 0.3) is 0 Å². The number of aliphatic hydroxyl groups excluding tert-OH is 1. The Kier molecular flexibility index (Phi) is 6.58. The second-order valence-electron chi connectivity index (χ2n) is 5.77. The fourth-order valence-corrected chi connectivity index (χ4v) is 2.52. The zero-order chi connectivity index (χ0) is 17.5. The van der Waals surface area contributed by atoms with Crippen LogP contribution in [0.15, 0.2) is 42.5 Å². The number of rotatable bonds is 8. The normalized spacial score (nSPS) is 13.4. The Hall–Kier alpha value is -2.11. The van der Waals surface area contributed by atoms with Crippen molar-refractivity contribution in [3.05, 3.63) is 59.4 Å². The Labute approximate surface area is 142 Å². The summed E-state index contributed by atoms with van der Waals surface area (Å²) in [5.41, 5.74) is 1.78. The zero-order valence-corrected chi connectivity index (χ0v) is 14.3. The molecule has 2 rings (SSSR count). The van der Waals surface area contributed by atoms with Crippen LogP contribution in [0, 0.1) is 5.82 Å². The van der Waals surface area contributed by atoms with Gasteiger partial charge in [0.05, 0.1) is 20.3 Å². The maximum Gasteiger partial charge on any atom is 0.161 e. The van der Waals surface area contributed by atoms with Crippen molar-refractivity contribution < 1.29 is 19.0 Å². The van der Waals surface area contributed by atoms with Crippen LogP contribution in [0.5, 0.6) is 11.5 Å². The van der Waals surface area contributed by atoms with Crippen molar-refractivity contribution in [1.82, 2.24) is 5.32 Å². The summed E-state index contributed by atoms with van der Waals surface area (Å²) in [6, 6.07) is 11.8. The van der Waals surface area contributed by atoms with Crippen molar-refractivity contribution in [2.75, 3.05) is 14.2 Å². The molecule has 2 N–H and O–H groups in total. The minimum atomic E-state index is -0.626. The van der Waals surface area contributed by atoms with Gasteiger partial charge in [0.2, 0.25) is 0 Å². The summed E-state index contributed by atoms with van der Waals surface area (Å²) in [6.07, 6.45) is -0.0858. The van der Waals surface area contributed by atoms with E-state index in [0.717, 1.165) is 11.1 Å². The van der Waals surface area contributed by atoms with Gasteiger partial charge in [-0.3, -0.25) is 0 Å². The van der Waals surface area contributed by atoms with Crippen LogP contribution in [-0.4, -0.2) is 25.4 Å². The summed E-state index contributed by atoms with van der Waals surface area (Å²) >= 11 is 0. The molecular weight excluding hydrogens is 309 g/mol. The Morgan fingerprint density at radius 3 is 2.33 bits per heavy atom. The molecule has 0 radical (unpaired) electrons. The topological polar surface area (TPSA) is 50.7 Å². The van der Waals surface area contributed by atoms with Crippen molar-refractivity contribution in [3.8, 4) is 11.5 Å². The van der Waals surface area contributed by atoms with E-state index >= 15 is 0 Å². The maximum atomic E-state index is 12.9. The van der Waals surface area contributed by atoms with Crippen molar-refractivity contribution in [2.45, 2.75) is 32.0 Å². The van der Waals surface area contributed by atoms with Crippen LogP contribution in [0.2, 0.25) is 0 Å². The molecule has 2 aromatic rings. The predicted molar refractivity (Wildman–Crippen MR) is 91.8 cm³/mol. The first-order valence-corrected chi connectivity index (χ1v) is 7.91. The minimum Gasteiger partial charge on any atom is -0.493 e. The van der Waals surface area contributed by atoms with Gasteiger partial charge in [-0.2, -0.15) is 0 Å². The molecule has 0 aliphatic heterocycles. The van der Waals surface area contributed by atoms with Crippen LogP contribution in [0.1, 0.15) is 30.6 Å². The smallest absolute Gasteiger partial charge is 0.161 e. The first-order valence-electron chi connectivity index (χ1n) is 7.91. The van der Waals surface area contributed by atoms with E-state index in [1.165, 1.54) is 12.1 Å². The third-order valence-corrected chi connectivity index (χ3v) is 3.93. The molecule has 0 aliphatic rings. The van der Waals surface area contributed by atoms with E-state index in [-0.39, 0.29) is 11.9 Å². The first kappa shape index (κ1) is 18.2. The van der Waals surface area contributed by atoms with E-state index in [4.69, 9.17) is 9.47 Å². The molecule has 0 fully saturated rings. The molecular formula is C19H24FNO3. The summed E-state index contributed by atoms with van der Waals surface area (Å²) in [7, 11) is 3.21. The lowest BCUT2D eigenvalue weighted by Gasteiger charge is -2.19. The molecule has 0 heterocycles. The molecule has 2 aromatic carbocycles. The van der Waals surface area contributed by atoms with Gasteiger partial charge in [-0.05, 0) is 48.7 Å². The highest BCUT2D eigenvalue weighted by atomic mass is 19.1. The van der Waals surface area contributed by atoms with E-state index in [0.29, 0.717) is 24.5 Å². The molecule has 4 nitrogen and oxygen atoms in total. The second kappa shape index (κ2) is 8.66. The molecule has 2 unspecified atom stereocenters. The SMILES string of the molecule is COc1ccc(CNC(C)CC(O)c2ccc(F)cc2)cc1OC. The van der Waals surface area contributed by atoms with E-state index in [9.17, 15) is 9.50 Å². The molecule has 0 aromatic heterocycles. The molecule has 5 heteroatoms. The molecule has 0 amide bonds. The average Bonchev–Trinajstić information content (AvgIpc) is 2.60. The van der Waals surface area contributed by atoms with Crippen molar-refractivity contribution in [1.29, 1.82) is 0 Å². The summed E-state index contributed by atoms with van der Waals surface area (Å²) in [5, 5.41) is 13.6.